The predicted molar refractivity (Wildman–Crippen MR) is 122 cm³/mol. The molecule has 1 aliphatic heterocycles. The van der Waals surface area contributed by atoms with Gasteiger partial charge in [0.15, 0.2) is 0 Å². The topological polar surface area (TPSA) is 44.7 Å². The molecule has 1 heterocycles. The molecule has 4 rings (SSSR count). The third-order valence-electron chi connectivity index (χ3n) is 5.48. The summed E-state index contributed by atoms with van der Waals surface area (Å²) in [5.41, 5.74) is 5.05. The smallest absolute Gasteiger partial charge is 0.243 e. The van der Waals surface area contributed by atoms with Crippen molar-refractivity contribution in [2.45, 2.75) is 19.4 Å². The molecular weight excluding hydrogens is 426 g/mol. The van der Waals surface area contributed by atoms with Crippen molar-refractivity contribution in [3.05, 3.63) is 82.3 Å². The number of fused-ring (bicyclic) bond motifs is 1. The van der Waals surface area contributed by atoms with Crippen LogP contribution in [0.15, 0.2) is 76.3 Å². The van der Waals surface area contributed by atoms with Gasteiger partial charge in [0, 0.05) is 22.5 Å². The van der Waals surface area contributed by atoms with Crippen molar-refractivity contribution in [3.63, 3.8) is 0 Å². The second-order valence-corrected chi connectivity index (χ2v) is 8.40. The van der Waals surface area contributed by atoms with Crippen LogP contribution in [0.4, 0.5) is 0 Å². The second-order valence-electron chi connectivity index (χ2n) is 7.48. The van der Waals surface area contributed by atoms with Crippen LogP contribution in [-0.4, -0.2) is 30.1 Å². The Hall–Kier alpha value is -2.50. The zero-order valence-electron chi connectivity index (χ0n) is 16.2. The van der Waals surface area contributed by atoms with Gasteiger partial charge in [0.25, 0.3) is 0 Å². The molecular formula is C24H24BrN3O. The van der Waals surface area contributed by atoms with E-state index in [-0.39, 0.29) is 11.8 Å². The highest BCUT2D eigenvalue weighted by Crippen LogP contribution is 2.20. The largest absolute Gasteiger partial charge is 0.299 e. The van der Waals surface area contributed by atoms with E-state index in [0.29, 0.717) is 0 Å². The Kier molecular flexibility index (Phi) is 6.37. The number of hydrazone groups is 1. The highest BCUT2D eigenvalue weighted by molar-refractivity contribution is 9.10. The second kappa shape index (κ2) is 9.33. The van der Waals surface area contributed by atoms with E-state index in [2.05, 4.69) is 73.8 Å². The van der Waals surface area contributed by atoms with Crippen molar-refractivity contribution in [2.75, 3.05) is 13.1 Å². The van der Waals surface area contributed by atoms with Crippen LogP contribution in [0.3, 0.4) is 0 Å². The predicted octanol–water partition coefficient (Wildman–Crippen LogP) is 4.96. The number of amides is 1. The van der Waals surface area contributed by atoms with Crippen LogP contribution in [0.1, 0.15) is 24.0 Å². The summed E-state index contributed by atoms with van der Waals surface area (Å²) in [6, 6.07) is 22.7. The van der Waals surface area contributed by atoms with Gasteiger partial charge in [-0.2, -0.15) is 5.10 Å². The molecule has 0 radical (unpaired) electrons. The molecule has 0 saturated carbocycles. The lowest BCUT2D eigenvalue weighted by Crippen LogP contribution is -2.39. The zero-order chi connectivity index (χ0) is 20.1. The Morgan fingerprint density at radius 1 is 1.03 bits per heavy atom. The lowest BCUT2D eigenvalue weighted by atomic mass is 9.96. The van der Waals surface area contributed by atoms with E-state index >= 15 is 0 Å². The maximum absolute atomic E-state index is 12.5. The third-order valence-corrected chi connectivity index (χ3v) is 6.01. The van der Waals surface area contributed by atoms with Gasteiger partial charge in [-0.25, -0.2) is 5.43 Å². The van der Waals surface area contributed by atoms with Crippen LogP contribution in [0.25, 0.3) is 10.8 Å². The van der Waals surface area contributed by atoms with Crippen molar-refractivity contribution in [1.82, 2.24) is 10.3 Å². The van der Waals surface area contributed by atoms with Crippen LogP contribution < -0.4 is 5.43 Å². The van der Waals surface area contributed by atoms with Crippen molar-refractivity contribution >= 4 is 38.8 Å². The lowest BCUT2D eigenvalue weighted by Gasteiger charge is -2.30. The lowest BCUT2D eigenvalue weighted by molar-refractivity contribution is -0.126. The van der Waals surface area contributed by atoms with Crippen molar-refractivity contribution in [3.8, 4) is 0 Å². The molecule has 1 N–H and O–H groups in total. The first kappa shape index (κ1) is 19.8. The van der Waals surface area contributed by atoms with Gasteiger partial charge in [-0.1, -0.05) is 70.5 Å². The molecule has 5 heteroatoms. The number of benzene rings is 3. The fraction of sp³-hybridized carbons (Fsp3) is 0.250. The van der Waals surface area contributed by atoms with Gasteiger partial charge < -0.3 is 0 Å². The Labute approximate surface area is 179 Å². The van der Waals surface area contributed by atoms with Gasteiger partial charge in [-0.05, 0) is 54.4 Å². The number of likely N-dealkylation sites (tertiary alicyclic amines) is 1. The van der Waals surface area contributed by atoms with Crippen LogP contribution in [0.2, 0.25) is 0 Å². The molecule has 1 saturated heterocycles. The molecule has 29 heavy (non-hydrogen) atoms. The molecule has 0 spiro atoms. The van der Waals surface area contributed by atoms with Gasteiger partial charge >= 0.3 is 0 Å². The molecule has 0 atom stereocenters. The summed E-state index contributed by atoms with van der Waals surface area (Å²) < 4.78 is 1.10. The quantitative estimate of drug-likeness (QED) is 0.441. The van der Waals surface area contributed by atoms with Crippen molar-refractivity contribution in [1.29, 1.82) is 0 Å². The summed E-state index contributed by atoms with van der Waals surface area (Å²) >= 11 is 3.47. The first-order chi connectivity index (χ1) is 14.2. The van der Waals surface area contributed by atoms with E-state index in [4.69, 9.17) is 0 Å². The van der Waals surface area contributed by atoms with Gasteiger partial charge in [0.2, 0.25) is 5.91 Å². The van der Waals surface area contributed by atoms with E-state index < -0.39 is 0 Å². The number of nitrogens with zero attached hydrogens (tertiary/aromatic N) is 2. The minimum absolute atomic E-state index is 0.0183. The molecule has 3 aromatic carbocycles. The average Bonchev–Trinajstić information content (AvgIpc) is 2.76. The van der Waals surface area contributed by atoms with Gasteiger partial charge in [-0.15, -0.1) is 0 Å². The molecule has 3 aromatic rings. The molecule has 0 aliphatic carbocycles. The Bertz CT molecular complexity index is 1000. The number of hydrogen-bond acceptors (Lipinski definition) is 3. The SMILES string of the molecule is O=C(N/N=C\c1cccc2ccccc12)C1CCN(Cc2ccc(Br)cc2)CC1. The van der Waals surface area contributed by atoms with E-state index in [0.717, 1.165) is 47.9 Å². The van der Waals surface area contributed by atoms with Gasteiger partial charge in [0.1, 0.15) is 0 Å². The maximum Gasteiger partial charge on any atom is 0.243 e. The summed E-state index contributed by atoms with van der Waals surface area (Å²) in [6.45, 7) is 2.79. The highest BCUT2D eigenvalue weighted by Gasteiger charge is 2.24. The maximum atomic E-state index is 12.5. The fourth-order valence-corrected chi connectivity index (χ4v) is 4.09. The fourth-order valence-electron chi connectivity index (χ4n) is 3.82. The summed E-state index contributed by atoms with van der Waals surface area (Å²) in [6.07, 6.45) is 3.47. The van der Waals surface area contributed by atoms with Crippen LogP contribution >= 0.6 is 15.9 Å². The van der Waals surface area contributed by atoms with Crippen LogP contribution in [-0.2, 0) is 11.3 Å². The number of piperidine rings is 1. The first-order valence-corrected chi connectivity index (χ1v) is 10.8. The number of carbonyl (C=O) groups excluding carboxylic acids is 1. The van der Waals surface area contributed by atoms with Gasteiger partial charge in [0.05, 0.1) is 6.21 Å². The number of halogens is 1. The van der Waals surface area contributed by atoms with Crippen LogP contribution in [0.5, 0.6) is 0 Å². The molecule has 1 amide bonds. The summed E-state index contributed by atoms with van der Waals surface area (Å²) in [7, 11) is 0. The summed E-state index contributed by atoms with van der Waals surface area (Å²) in [5.74, 6) is 0.0469. The third kappa shape index (κ3) is 5.11. The van der Waals surface area contributed by atoms with E-state index in [1.54, 1.807) is 6.21 Å². The highest BCUT2D eigenvalue weighted by atomic mass is 79.9. The molecule has 1 fully saturated rings. The standard InChI is InChI=1S/C24H24BrN3O/c25-22-10-8-18(9-11-22)17-28-14-12-20(13-15-28)24(29)27-26-16-21-6-3-5-19-4-1-2-7-23(19)21/h1-11,16,20H,12-15,17H2,(H,27,29)/b26-16-. The number of nitrogens with one attached hydrogen (secondary N) is 1. The Balaban J connectivity index is 1.28. The average molecular weight is 450 g/mol. The summed E-state index contributed by atoms with van der Waals surface area (Å²) in [4.78, 5) is 14.9. The minimum atomic E-state index is 0.0183. The number of rotatable bonds is 5. The molecule has 0 bridgehead atoms. The van der Waals surface area contributed by atoms with E-state index in [1.807, 2.05) is 24.3 Å². The number of hydrogen-bond donors (Lipinski definition) is 1. The monoisotopic (exact) mass is 449 g/mol. The van der Waals surface area contributed by atoms with Crippen molar-refractivity contribution in [2.24, 2.45) is 11.0 Å². The van der Waals surface area contributed by atoms with Crippen molar-refractivity contribution < 1.29 is 4.79 Å². The first-order valence-electron chi connectivity index (χ1n) is 9.96. The Morgan fingerprint density at radius 2 is 1.76 bits per heavy atom. The molecule has 1 aliphatic rings. The molecule has 0 aromatic heterocycles. The summed E-state index contributed by atoms with van der Waals surface area (Å²) in [5, 5.41) is 6.52. The molecule has 0 unspecified atom stereocenters. The van der Waals surface area contributed by atoms with Gasteiger partial charge in [-0.3, -0.25) is 9.69 Å². The number of carbonyl (C=O) groups is 1. The molecule has 4 nitrogen and oxygen atoms in total. The molecule has 148 valence electrons. The normalized spacial score (nSPS) is 15.8. The zero-order valence-corrected chi connectivity index (χ0v) is 17.8. The minimum Gasteiger partial charge on any atom is -0.299 e. The van der Waals surface area contributed by atoms with E-state index in [9.17, 15) is 4.79 Å². The van der Waals surface area contributed by atoms with E-state index in [1.165, 1.54) is 10.9 Å². The van der Waals surface area contributed by atoms with Crippen LogP contribution in [0, 0.1) is 5.92 Å². The Morgan fingerprint density at radius 3 is 2.55 bits per heavy atom.